The van der Waals surface area contributed by atoms with Crippen molar-refractivity contribution in [2.45, 2.75) is 0 Å². The number of benzene rings is 2. The summed E-state index contributed by atoms with van der Waals surface area (Å²) < 4.78 is 5.64. The van der Waals surface area contributed by atoms with Gasteiger partial charge in [0.25, 0.3) is 5.69 Å². The summed E-state index contributed by atoms with van der Waals surface area (Å²) >= 11 is 0. The Morgan fingerprint density at radius 2 is 1.71 bits per heavy atom. The van der Waals surface area contributed by atoms with E-state index < -0.39 is 4.92 Å². The van der Waals surface area contributed by atoms with Crippen LogP contribution in [-0.2, 0) is 0 Å². The second-order valence-electron chi connectivity index (χ2n) is 4.37. The van der Waals surface area contributed by atoms with E-state index in [1.54, 1.807) is 18.2 Å². The summed E-state index contributed by atoms with van der Waals surface area (Å²) in [6.45, 7) is 0. The van der Waals surface area contributed by atoms with E-state index in [1.165, 1.54) is 6.07 Å². The maximum absolute atomic E-state index is 11.1. The lowest BCUT2D eigenvalue weighted by atomic mass is 10.2. The van der Waals surface area contributed by atoms with E-state index in [0.29, 0.717) is 11.3 Å². The first kappa shape index (κ1) is 12.9. The minimum absolute atomic E-state index is 0.0710. The summed E-state index contributed by atoms with van der Waals surface area (Å²) in [6.07, 6.45) is 0. The van der Waals surface area contributed by atoms with Crippen LogP contribution in [0.4, 0.5) is 11.5 Å². The van der Waals surface area contributed by atoms with Gasteiger partial charge < -0.3 is 10.2 Å². The first-order chi connectivity index (χ1) is 10.2. The molecular weight excluding hydrogens is 270 g/mol. The molecule has 0 radical (unpaired) electrons. The summed E-state index contributed by atoms with van der Waals surface area (Å²) in [6, 6.07) is 15.5. The van der Waals surface area contributed by atoms with Gasteiger partial charge in [-0.05, 0) is 6.07 Å². The highest BCUT2D eigenvalue weighted by Crippen LogP contribution is 2.34. The molecule has 0 aliphatic heterocycles. The van der Waals surface area contributed by atoms with Crippen molar-refractivity contribution >= 4 is 11.5 Å². The standard InChI is InChI=1S/C15H11N3O3/c16-14-13(10-6-2-1-3-7-10)21-15(17-14)11-8-4-5-9-12(11)18(19)20/h1-9H,16H2. The fourth-order valence-corrected chi connectivity index (χ4v) is 2.06. The third-order valence-electron chi connectivity index (χ3n) is 3.02. The third kappa shape index (κ3) is 2.34. The number of para-hydroxylation sites is 1. The lowest BCUT2D eigenvalue weighted by Gasteiger charge is -1.98. The van der Waals surface area contributed by atoms with Gasteiger partial charge in [0.05, 0.1) is 4.92 Å². The number of nitrogens with two attached hydrogens (primary N) is 1. The predicted octanol–water partition coefficient (Wildman–Crippen LogP) is 3.50. The lowest BCUT2D eigenvalue weighted by molar-refractivity contribution is -0.384. The van der Waals surface area contributed by atoms with Crippen molar-refractivity contribution in [1.82, 2.24) is 4.98 Å². The molecule has 6 heteroatoms. The molecule has 0 aliphatic carbocycles. The highest BCUT2D eigenvalue weighted by molar-refractivity contribution is 5.74. The molecule has 1 heterocycles. The fraction of sp³-hybridized carbons (Fsp3) is 0. The number of rotatable bonds is 3. The van der Waals surface area contributed by atoms with E-state index in [9.17, 15) is 10.1 Å². The Morgan fingerprint density at radius 3 is 2.43 bits per heavy atom. The van der Waals surface area contributed by atoms with Crippen LogP contribution in [0.2, 0.25) is 0 Å². The Balaban J connectivity index is 2.12. The minimum atomic E-state index is -0.474. The van der Waals surface area contributed by atoms with Crippen LogP contribution in [0.1, 0.15) is 0 Å². The molecule has 0 saturated heterocycles. The average Bonchev–Trinajstić information content (AvgIpc) is 2.90. The van der Waals surface area contributed by atoms with Crippen molar-refractivity contribution in [3.05, 3.63) is 64.7 Å². The zero-order valence-corrected chi connectivity index (χ0v) is 10.9. The quantitative estimate of drug-likeness (QED) is 0.585. The maximum Gasteiger partial charge on any atom is 0.282 e. The van der Waals surface area contributed by atoms with Gasteiger partial charge in [0.2, 0.25) is 5.89 Å². The number of anilines is 1. The van der Waals surface area contributed by atoms with Crippen molar-refractivity contribution < 1.29 is 9.34 Å². The molecule has 0 spiro atoms. The Labute approximate surface area is 120 Å². The van der Waals surface area contributed by atoms with E-state index in [0.717, 1.165) is 5.56 Å². The molecule has 3 rings (SSSR count). The van der Waals surface area contributed by atoms with E-state index in [-0.39, 0.29) is 17.4 Å². The predicted molar refractivity (Wildman–Crippen MR) is 78.4 cm³/mol. The molecule has 0 aliphatic rings. The molecule has 0 unspecified atom stereocenters. The zero-order chi connectivity index (χ0) is 14.8. The molecule has 6 nitrogen and oxygen atoms in total. The molecule has 0 amide bonds. The molecule has 2 aromatic carbocycles. The van der Waals surface area contributed by atoms with Gasteiger partial charge in [-0.2, -0.15) is 4.98 Å². The van der Waals surface area contributed by atoms with Crippen LogP contribution in [0, 0.1) is 10.1 Å². The molecule has 104 valence electrons. The highest BCUT2D eigenvalue weighted by Gasteiger charge is 2.21. The molecule has 2 N–H and O–H groups in total. The molecule has 0 bridgehead atoms. The van der Waals surface area contributed by atoms with Gasteiger partial charge in [0.1, 0.15) is 5.56 Å². The second kappa shape index (κ2) is 5.09. The van der Waals surface area contributed by atoms with Crippen molar-refractivity contribution in [2.24, 2.45) is 0 Å². The van der Waals surface area contributed by atoms with Crippen molar-refractivity contribution in [1.29, 1.82) is 0 Å². The number of nitro benzene ring substituents is 1. The van der Waals surface area contributed by atoms with Crippen LogP contribution in [0.3, 0.4) is 0 Å². The minimum Gasteiger partial charge on any atom is -0.434 e. The summed E-state index contributed by atoms with van der Waals surface area (Å²) in [4.78, 5) is 14.7. The maximum atomic E-state index is 11.1. The average molecular weight is 281 g/mol. The van der Waals surface area contributed by atoms with Crippen molar-refractivity contribution in [3.8, 4) is 22.8 Å². The van der Waals surface area contributed by atoms with Crippen LogP contribution >= 0.6 is 0 Å². The van der Waals surface area contributed by atoms with Crippen LogP contribution in [0.5, 0.6) is 0 Å². The summed E-state index contributed by atoms with van der Waals surface area (Å²) in [7, 11) is 0. The number of nitrogens with zero attached hydrogens (tertiary/aromatic N) is 2. The van der Waals surface area contributed by atoms with Crippen LogP contribution in [-0.4, -0.2) is 9.91 Å². The first-order valence-corrected chi connectivity index (χ1v) is 6.22. The van der Waals surface area contributed by atoms with E-state index in [2.05, 4.69) is 4.98 Å². The number of hydrogen-bond donors (Lipinski definition) is 1. The number of nitrogen functional groups attached to an aromatic ring is 1. The largest absolute Gasteiger partial charge is 0.434 e. The van der Waals surface area contributed by atoms with Gasteiger partial charge in [-0.15, -0.1) is 0 Å². The Morgan fingerprint density at radius 1 is 1.05 bits per heavy atom. The number of oxazole rings is 1. The summed E-state index contributed by atoms with van der Waals surface area (Å²) in [5, 5.41) is 11.1. The molecule has 0 fully saturated rings. The molecule has 0 saturated carbocycles. The number of aromatic nitrogens is 1. The molecular formula is C15H11N3O3. The highest BCUT2D eigenvalue weighted by atomic mass is 16.6. The molecule has 1 aromatic heterocycles. The van der Waals surface area contributed by atoms with E-state index in [1.807, 2.05) is 30.3 Å². The fourth-order valence-electron chi connectivity index (χ4n) is 2.06. The SMILES string of the molecule is Nc1nc(-c2ccccc2[N+](=O)[O-])oc1-c1ccccc1. The van der Waals surface area contributed by atoms with Crippen LogP contribution < -0.4 is 5.73 Å². The Bertz CT molecular complexity index is 797. The van der Waals surface area contributed by atoms with Crippen molar-refractivity contribution in [2.75, 3.05) is 5.73 Å². The monoisotopic (exact) mass is 281 g/mol. The van der Waals surface area contributed by atoms with Gasteiger partial charge in [-0.1, -0.05) is 42.5 Å². The summed E-state index contributed by atoms with van der Waals surface area (Å²) in [5.74, 6) is 0.747. The Hall–Kier alpha value is -3.15. The molecule has 0 atom stereocenters. The van der Waals surface area contributed by atoms with E-state index >= 15 is 0 Å². The third-order valence-corrected chi connectivity index (χ3v) is 3.02. The van der Waals surface area contributed by atoms with Gasteiger partial charge in [0, 0.05) is 11.6 Å². The second-order valence-corrected chi connectivity index (χ2v) is 4.37. The van der Waals surface area contributed by atoms with Gasteiger partial charge in [0.15, 0.2) is 11.6 Å². The van der Waals surface area contributed by atoms with Gasteiger partial charge in [-0.25, -0.2) is 0 Å². The van der Waals surface area contributed by atoms with Crippen molar-refractivity contribution in [3.63, 3.8) is 0 Å². The topological polar surface area (TPSA) is 95.2 Å². The zero-order valence-electron chi connectivity index (χ0n) is 10.9. The number of hydrogen-bond acceptors (Lipinski definition) is 5. The first-order valence-electron chi connectivity index (χ1n) is 6.22. The van der Waals surface area contributed by atoms with Gasteiger partial charge in [-0.3, -0.25) is 10.1 Å². The summed E-state index contributed by atoms with van der Waals surface area (Å²) in [5.41, 5.74) is 6.86. The number of nitro groups is 1. The lowest BCUT2D eigenvalue weighted by Crippen LogP contribution is -1.92. The normalized spacial score (nSPS) is 10.5. The Kier molecular flexibility index (Phi) is 3.12. The molecule has 21 heavy (non-hydrogen) atoms. The van der Waals surface area contributed by atoms with Crippen LogP contribution in [0.25, 0.3) is 22.8 Å². The van der Waals surface area contributed by atoms with Crippen LogP contribution in [0.15, 0.2) is 59.0 Å². The smallest absolute Gasteiger partial charge is 0.282 e. The van der Waals surface area contributed by atoms with E-state index in [4.69, 9.17) is 10.2 Å². The van der Waals surface area contributed by atoms with Gasteiger partial charge >= 0.3 is 0 Å². The molecule has 3 aromatic rings.